The third-order valence-electron chi connectivity index (χ3n) is 2.96. The van der Waals surface area contributed by atoms with Crippen LogP contribution < -0.4 is 0 Å². The predicted molar refractivity (Wildman–Crippen MR) is 56.4 cm³/mol. The minimum absolute atomic E-state index is 0.685. The summed E-state index contributed by atoms with van der Waals surface area (Å²) < 4.78 is 0. The minimum Gasteiger partial charge on any atom is -0.304 e. The number of hydrogen-bond acceptors (Lipinski definition) is 1. The maximum absolute atomic E-state index is 2.42. The predicted octanol–water partition coefficient (Wildman–Crippen LogP) is 3.01. The molecule has 74 valence electrons. The van der Waals surface area contributed by atoms with Crippen molar-refractivity contribution in [1.29, 1.82) is 0 Å². The first-order valence-electron chi connectivity index (χ1n) is 5.15. The summed E-state index contributed by atoms with van der Waals surface area (Å²) in [7, 11) is 2.21. The molecule has 0 amide bonds. The van der Waals surface area contributed by atoms with E-state index in [9.17, 15) is 0 Å². The zero-order valence-corrected chi connectivity index (χ0v) is 9.59. The van der Waals surface area contributed by atoms with E-state index < -0.39 is 0 Å². The van der Waals surface area contributed by atoms with Crippen LogP contribution in [0.2, 0.25) is 0 Å². The fourth-order valence-electron chi connectivity index (χ4n) is 0.999. The first-order valence-corrected chi connectivity index (χ1v) is 5.15. The summed E-state index contributed by atoms with van der Waals surface area (Å²) in [5.74, 6) is 1.68. The topological polar surface area (TPSA) is 3.24 Å². The van der Waals surface area contributed by atoms with Crippen LogP contribution in [0.3, 0.4) is 0 Å². The van der Waals surface area contributed by atoms with Gasteiger partial charge in [0.1, 0.15) is 0 Å². The lowest BCUT2D eigenvalue weighted by molar-refractivity contribution is 0.239. The molecular formula is C11H25N. The van der Waals surface area contributed by atoms with Crippen LogP contribution in [0.4, 0.5) is 0 Å². The van der Waals surface area contributed by atoms with Crippen LogP contribution in [0.25, 0.3) is 0 Å². The summed E-state index contributed by atoms with van der Waals surface area (Å²) in [6, 6.07) is 0.685. The number of hydrogen-bond donors (Lipinski definition) is 0. The smallest absolute Gasteiger partial charge is 0.00355 e. The molecule has 0 heterocycles. The first-order chi connectivity index (χ1) is 5.45. The van der Waals surface area contributed by atoms with Crippen LogP contribution in [0.1, 0.15) is 41.0 Å². The van der Waals surface area contributed by atoms with E-state index in [0.717, 1.165) is 11.8 Å². The van der Waals surface area contributed by atoms with Gasteiger partial charge in [-0.1, -0.05) is 20.8 Å². The highest BCUT2D eigenvalue weighted by Gasteiger charge is 2.09. The highest BCUT2D eigenvalue weighted by molar-refractivity contribution is 4.62. The van der Waals surface area contributed by atoms with Gasteiger partial charge in [-0.05, 0) is 45.7 Å². The Morgan fingerprint density at radius 1 is 1.00 bits per heavy atom. The number of rotatable bonds is 5. The molecule has 0 spiro atoms. The second-order valence-electron chi connectivity index (χ2n) is 4.58. The standard InChI is InChI=1S/C11H25N/c1-9(2)11(5)7-8-12(6)10(3)4/h9-11H,7-8H2,1-6H3. The largest absolute Gasteiger partial charge is 0.304 e. The Labute approximate surface area is 78.1 Å². The second kappa shape index (κ2) is 5.58. The molecule has 0 radical (unpaired) electrons. The number of nitrogens with zero attached hydrogens (tertiary/aromatic N) is 1. The van der Waals surface area contributed by atoms with Crippen LogP contribution in [0, 0.1) is 11.8 Å². The molecule has 0 saturated carbocycles. The Bertz CT molecular complexity index is 93.6. The summed E-state index contributed by atoms with van der Waals surface area (Å²) in [5.41, 5.74) is 0. The summed E-state index contributed by atoms with van der Waals surface area (Å²) >= 11 is 0. The van der Waals surface area contributed by atoms with Gasteiger partial charge < -0.3 is 4.90 Å². The molecule has 0 N–H and O–H groups in total. The van der Waals surface area contributed by atoms with Crippen LogP contribution in [-0.2, 0) is 0 Å². The third kappa shape index (κ3) is 4.76. The minimum atomic E-state index is 0.685. The van der Waals surface area contributed by atoms with Crippen molar-refractivity contribution in [3.8, 4) is 0 Å². The lowest BCUT2D eigenvalue weighted by Crippen LogP contribution is -2.28. The van der Waals surface area contributed by atoms with E-state index in [4.69, 9.17) is 0 Å². The van der Waals surface area contributed by atoms with E-state index in [1.54, 1.807) is 0 Å². The molecule has 1 heteroatoms. The van der Waals surface area contributed by atoms with E-state index in [2.05, 4.69) is 46.6 Å². The Morgan fingerprint density at radius 2 is 1.50 bits per heavy atom. The van der Waals surface area contributed by atoms with Gasteiger partial charge in [-0.2, -0.15) is 0 Å². The summed E-state index contributed by atoms with van der Waals surface area (Å²) in [5, 5.41) is 0. The third-order valence-corrected chi connectivity index (χ3v) is 2.96. The van der Waals surface area contributed by atoms with E-state index in [1.165, 1.54) is 13.0 Å². The van der Waals surface area contributed by atoms with E-state index in [1.807, 2.05) is 0 Å². The normalized spacial score (nSPS) is 14.8. The van der Waals surface area contributed by atoms with Gasteiger partial charge in [-0.3, -0.25) is 0 Å². The van der Waals surface area contributed by atoms with Gasteiger partial charge in [-0.25, -0.2) is 0 Å². The van der Waals surface area contributed by atoms with Crippen molar-refractivity contribution in [3.63, 3.8) is 0 Å². The molecule has 12 heavy (non-hydrogen) atoms. The maximum atomic E-state index is 2.42. The zero-order chi connectivity index (χ0) is 9.72. The summed E-state index contributed by atoms with van der Waals surface area (Å²) in [4.78, 5) is 2.42. The molecule has 0 fully saturated rings. The molecule has 0 aromatic heterocycles. The SMILES string of the molecule is CC(C)C(C)CCN(C)C(C)C. The van der Waals surface area contributed by atoms with Crippen LogP contribution in [0.15, 0.2) is 0 Å². The van der Waals surface area contributed by atoms with Crippen molar-refractivity contribution in [2.75, 3.05) is 13.6 Å². The van der Waals surface area contributed by atoms with Gasteiger partial charge in [0, 0.05) is 6.04 Å². The summed E-state index contributed by atoms with van der Waals surface area (Å²) in [6.45, 7) is 12.7. The fourth-order valence-corrected chi connectivity index (χ4v) is 0.999. The van der Waals surface area contributed by atoms with Gasteiger partial charge in [-0.15, -0.1) is 0 Å². The van der Waals surface area contributed by atoms with Crippen LogP contribution in [-0.4, -0.2) is 24.5 Å². The molecule has 0 aliphatic carbocycles. The highest BCUT2D eigenvalue weighted by Crippen LogP contribution is 2.14. The molecule has 0 aromatic rings. The van der Waals surface area contributed by atoms with Crippen molar-refractivity contribution < 1.29 is 0 Å². The van der Waals surface area contributed by atoms with E-state index >= 15 is 0 Å². The second-order valence-corrected chi connectivity index (χ2v) is 4.58. The Balaban J connectivity index is 3.54. The molecule has 0 aliphatic rings. The van der Waals surface area contributed by atoms with Crippen molar-refractivity contribution in [2.45, 2.75) is 47.1 Å². The highest BCUT2D eigenvalue weighted by atomic mass is 15.1. The fraction of sp³-hybridized carbons (Fsp3) is 1.00. The molecule has 0 aliphatic heterocycles. The Morgan fingerprint density at radius 3 is 1.83 bits per heavy atom. The monoisotopic (exact) mass is 171 g/mol. The average Bonchev–Trinajstić information content (AvgIpc) is 1.98. The molecule has 0 saturated heterocycles. The van der Waals surface area contributed by atoms with E-state index in [0.29, 0.717) is 6.04 Å². The maximum Gasteiger partial charge on any atom is 0.00355 e. The first kappa shape index (κ1) is 12.0. The summed E-state index contributed by atoms with van der Waals surface area (Å²) in [6.07, 6.45) is 1.33. The van der Waals surface area contributed by atoms with Crippen LogP contribution >= 0.6 is 0 Å². The molecule has 1 unspecified atom stereocenters. The van der Waals surface area contributed by atoms with Crippen LogP contribution in [0.5, 0.6) is 0 Å². The van der Waals surface area contributed by atoms with Crippen molar-refractivity contribution in [1.82, 2.24) is 4.90 Å². The van der Waals surface area contributed by atoms with Gasteiger partial charge in [0.25, 0.3) is 0 Å². The molecule has 0 rings (SSSR count). The Hall–Kier alpha value is -0.0400. The molecule has 0 bridgehead atoms. The van der Waals surface area contributed by atoms with Crippen molar-refractivity contribution in [3.05, 3.63) is 0 Å². The lowest BCUT2D eigenvalue weighted by atomic mass is 9.94. The van der Waals surface area contributed by atoms with Gasteiger partial charge in [0.05, 0.1) is 0 Å². The Kier molecular flexibility index (Phi) is 5.56. The molecule has 1 nitrogen and oxygen atoms in total. The van der Waals surface area contributed by atoms with Gasteiger partial charge in [0.15, 0.2) is 0 Å². The average molecular weight is 171 g/mol. The van der Waals surface area contributed by atoms with Crippen molar-refractivity contribution in [2.24, 2.45) is 11.8 Å². The zero-order valence-electron chi connectivity index (χ0n) is 9.59. The van der Waals surface area contributed by atoms with E-state index in [-0.39, 0.29) is 0 Å². The van der Waals surface area contributed by atoms with Gasteiger partial charge in [0.2, 0.25) is 0 Å². The van der Waals surface area contributed by atoms with Gasteiger partial charge >= 0.3 is 0 Å². The molecule has 1 atom stereocenters. The van der Waals surface area contributed by atoms with Crippen molar-refractivity contribution >= 4 is 0 Å². The molecular weight excluding hydrogens is 146 g/mol. The quantitative estimate of drug-likeness (QED) is 0.614. The lowest BCUT2D eigenvalue weighted by Gasteiger charge is -2.24. The molecule has 0 aromatic carbocycles.